The maximum atomic E-state index is 11.3. The van der Waals surface area contributed by atoms with Gasteiger partial charge in [0, 0.05) is 12.2 Å². The molecule has 0 unspecified atom stereocenters. The first kappa shape index (κ1) is 15.4. The summed E-state index contributed by atoms with van der Waals surface area (Å²) in [4.78, 5) is 11.3. The molecule has 0 saturated carbocycles. The van der Waals surface area contributed by atoms with Crippen LogP contribution in [0.2, 0.25) is 12.1 Å². The van der Waals surface area contributed by atoms with Crippen LogP contribution in [0.5, 0.6) is 0 Å². The topological polar surface area (TPSA) is 35.5 Å². The second-order valence-corrected chi connectivity index (χ2v) is 8.45. The molecule has 0 fully saturated rings. The van der Waals surface area contributed by atoms with Crippen LogP contribution >= 0.6 is 0 Å². The maximum absolute atomic E-state index is 11.3. The van der Waals surface area contributed by atoms with Gasteiger partial charge in [0.2, 0.25) is 8.32 Å². The zero-order valence-corrected chi connectivity index (χ0v) is 12.0. The highest BCUT2D eigenvalue weighted by atomic mass is 28.4. The summed E-state index contributed by atoms with van der Waals surface area (Å²) in [6, 6.07) is 1.96. The number of carbonyl (C=O) groups is 1. The summed E-state index contributed by atoms with van der Waals surface area (Å²) in [7, 11) is -1.86. The Morgan fingerprint density at radius 3 is 2.19 bits per heavy atom. The lowest BCUT2D eigenvalue weighted by molar-refractivity contribution is -0.137. The molecule has 0 aliphatic rings. The summed E-state index contributed by atoms with van der Waals surface area (Å²) in [5, 5.41) is 0. The van der Waals surface area contributed by atoms with Crippen molar-refractivity contribution in [3.8, 4) is 0 Å². The molecule has 0 aromatic heterocycles. The van der Waals surface area contributed by atoms with Gasteiger partial charge in [-0.15, -0.1) is 0 Å². The maximum Gasteiger partial charge on any atom is 0.332 e. The highest BCUT2D eigenvalue weighted by Gasteiger charge is 2.32. The molecule has 0 bridgehead atoms. The van der Waals surface area contributed by atoms with Gasteiger partial charge >= 0.3 is 5.97 Å². The Kier molecular flexibility index (Phi) is 7.33. The minimum Gasteiger partial charge on any atom is -0.463 e. The Morgan fingerprint density at radius 2 is 1.81 bits per heavy atom. The number of esters is 1. The minimum absolute atomic E-state index is 0.307. The summed E-state index contributed by atoms with van der Waals surface area (Å²) in [5.74, 6) is -0.307. The Hall–Kier alpha value is -0.613. The zero-order chi connectivity index (χ0) is 12.6. The molecule has 16 heavy (non-hydrogen) atoms. The van der Waals surface area contributed by atoms with Gasteiger partial charge in [0.15, 0.2) is 0 Å². The second kappa shape index (κ2) is 7.63. The molecule has 94 valence electrons. The number of hydrogen-bond donors (Lipinski definition) is 0. The highest BCUT2D eigenvalue weighted by Crippen LogP contribution is 2.18. The van der Waals surface area contributed by atoms with Crippen LogP contribution in [0.15, 0.2) is 12.2 Å². The van der Waals surface area contributed by atoms with Crippen molar-refractivity contribution in [3.63, 3.8) is 0 Å². The van der Waals surface area contributed by atoms with Crippen molar-refractivity contribution >= 4 is 14.3 Å². The predicted molar refractivity (Wildman–Crippen MR) is 68.7 cm³/mol. The molecule has 0 rings (SSSR count). The standard InChI is InChI=1S/C12H24O3Si/c1-6-9-15-16(7-2,8-3)10-14-12(13)11(4)5/h4,6-10H2,1-3,5H3. The lowest BCUT2D eigenvalue weighted by Crippen LogP contribution is -2.43. The molecule has 4 heteroatoms. The van der Waals surface area contributed by atoms with Crippen LogP contribution in [0, 0.1) is 0 Å². The average Bonchev–Trinajstić information content (AvgIpc) is 2.29. The smallest absolute Gasteiger partial charge is 0.332 e. The van der Waals surface area contributed by atoms with Crippen molar-refractivity contribution in [2.45, 2.75) is 46.2 Å². The molecule has 0 aliphatic carbocycles. The van der Waals surface area contributed by atoms with E-state index in [0.29, 0.717) is 11.8 Å². The molecular weight excluding hydrogens is 220 g/mol. The van der Waals surface area contributed by atoms with Crippen LogP contribution in [0.1, 0.15) is 34.1 Å². The third-order valence-corrected chi connectivity index (χ3v) is 6.78. The predicted octanol–water partition coefficient (Wildman–Crippen LogP) is 3.06. The molecule has 0 radical (unpaired) electrons. The lowest BCUT2D eigenvalue weighted by atomic mass is 10.4. The number of ether oxygens (including phenoxy) is 1. The molecule has 0 aromatic rings. The number of hydrogen-bond acceptors (Lipinski definition) is 3. The molecular formula is C12H24O3Si. The molecule has 0 saturated heterocycles. The molecule has 3 nitrogen and oxygen atoms in total. The first-order chi connectivity index (χ1) is 7.51. The highest BCUT2D eigenvalue weighted by molar-refractivity contribution is 6.73. The average molecular weight is 244 g/mol. The van der Waals surface area contributed by atoms with Crippen LogP contribution in [0.4, 0.5) is 0 Å². The Labute approximate surface area is 100.0 Å². The van der Waals surface area contributed by atoms with Crippen molar-refractivity contribution in [2.24, 2.45) is 0 Å². The molecule has 0 aromatic carbocycles. The molecule has 0 aliphatic heterocycles. The fourth-order valence-corrected chi connectivity index (χ4v) is 3.77. The van der Waals surface area contributed by atoms with Crippen molar-refractivity contribution in [2.75, 3.05) is 12.8 Å². The van der Waals surface area contributed by atoms with Gasteiger partial charge in [0.05, 0.1) is 0 Å². The lowest BCUT2D eigenvalue weighted by Gasteiger charge is -2.28. The fraction of sp³-hybridized carbons (Fsp3) is 0.750. The van der Waals surface area contributed by atoms with E-state index in [1.807, 2.05) is 0 Å². The Balaban J connectivity index is 4.31. The number of carbonyl (C=O) groups excluding carboxylic acids is 1. The van der Waals surface area contributed by atoms with E-state index in [4.69, 9.17) is 9.16 Å². The summed E-state index contributed by atoms with van der Waals surface area (Å²) in [6.45, 7) is 12.3. The van der Waals surface area contributed by atoms with E-state index in [0.717, 1.165) is 25.1 Å². The quantitative estimate of drug-likeness (QED) is 0.374. The van der Waals surface area contributed by atoms with Crippen molar-refractivity contribution in [1.82, 2.24) is 0 Å². The fourth-order valence-electron chi connectivity index (χ4n) is 1.34. The summed E-state index contributed by atoms with van der Waals surface area (Å²) in [6.07, 6.45) is 1.45. The SMILES string of the molecule is C=C(C)C(=O)OC[Si](CC)(CC)OCCC. The van der Waals surface area contributed by atoms with Crippen molar-refractivity contribution in [3.05, 3.63) is 12.2 Å². The molecule has 0 spiro atoms. The van der Waals surface area contributed by atoms with Gasteiger partial charge in [0.1, 0.15) is 6.23 Å². The van der Waals surface area contributed by atoms with Crippen LogP contribution in [-0.2, 0) is 14.0 Å². The van der Waals surface area contributed by atoms with Gasteiger partial charge in [0.25, 0.3) is 0 Å². The Morgan fingerprint density at radius 1 is 1.25 bits per heavy atom. The van der Waals surface area contributed by atoms with Crippen molar-refractivity contribution < 1.29 is 14.0 Å². The van der Waals surface area contributed by atoms with E-state index in [-0.39, 0.29) is 5.97 Å². The van der Waals surface area contributed by atoms with Gasteiger partial charge in [-0.2, -0.15) is 0 Å². The summed E-state index contributed by atoms with van der Waals surface area (Å²) < 4.78 is 11.2. The van der Waals surface area contributed by atoms with E-state index in [9.17, 15) is 4.79 Å². The third kappa shape index (κ3) is 4.94. The molecule has 0 heterocycles. The van der Waals surface area contributed by atoms with Crippen LogP contribution in [0.25, 0.3) is 0 Å². The minimum atomic E-state index is -1.86. The largest absolute Gasteiger partial charge is 0.463 e. The first-order valence-electron chi connectivity index (χ1n) is 5.98. The van der Waals surface area contributed by atoms with Gasteiger partial charge in [-0.05, 0) is 25.4 Å². The molecule has 0 N–H and O–H groups in total. The van der Waals surface area contributed by atoms with E-state index < -0.39 is 8.32 Å². The van der Waals surface area contributed by atoms with Gasteiger partial charge in [-0.3, -0.25) is 0 Å². The van der Waals surface area contributed by atoms with E-state index in [2.05, 4.69) is 27.4 Å². The van der Waals surface area contributed by atoms with E-state index >= 15 is 0 Å². The number of rotatable bonds is 8. The van der Waals surface area contributed by atoms with Crippen LogP contribution < -0.4 is 0 Å². The molecule has 0 atom stereocenters. The van der Waals surface area contributed by atoms with E-state index in [1.54, 1.807) is 6.92 Å². The zero-order valence-electron chi connectivity index (χ0n) is 11.0. The monoisotopic (exact) mass is 244 g/mol. The Bertz CT molecular complexity index is 234. The van der Waals surface area contributed by atoms with Gasteiger partial charge in [-0.25, -0.2) is 4.79 Å². The van der Waals surface area contributed by atoms with Crippen molar-refractivity contribution in [1.29, 1.82) is 0 Å². The van der Waals surface area contributed by atoms with Crippen LogP contribution in [-0.4, -0.2) is 27.1 Å². The molecule has 0 amide bonds. The van der Waals surface area contributed by atoms with E-state index in [1.165, 1.54) is 0 Å². The van der Waals surface area contributed by atoms with Gasteiger partial charge in [-0.1, -0.05) is 27.4 Å². The normalized spacial score (nSPS) is 11.2. The second-order valence-electron chi connectivity index (χ2n) is 4.10. The first-order valence-corrected chi connectivity index (χ1v) is 8.50. The third-order valence-electron chi connectivity index (χ3n) is 2.72. The summed E-state index contributed by atoms with van der Waals surface area (Å²) in [5.41, 5.74) is 0.450. The van der Waals surface area contributed by atoms with Gasteiger partial charge < -0.3 is 9.16 Å². The van der Waals surface area contributed by atoms with Crippen LogP contribution in [0.3, 0.4) is 0 Å². The summed E-state index contributed by atoms with van der Waals surface area (Å²) >= 11 is 0.